The summed E-state index contributed by atoms with van der Waals surface area (Å²) in [5, 5.41) is 25.8. The number of aromatic nitrogens is 3. The second kappa shape index (κ2) is 13.4. The zero-order chi connectivity index (χ0) is 29.4. The van der Waals surface area contributed by atoms with Gasteiger partial charge in [-0.15, -0.1) is 10.2 Å². The lowest BCUT2D eigenvalue weighted by molar-refractivity contribution is -0.385. The quantitative estimate of drug-likeness (QED) is 0.141. The third-order valence-corrected chi connectivity index (χ3v) is 6.89. The number of carbonyl (C=O) groups is 2. The van der Waals surface area contributed by atoms with Gasteiger partial charge >= 0.3 is 0 Å². The van der Waals surface area contributed by atoms with Crippen molar-refractivity contribution in [2.24, 2.45) is 0 Å². The number of nitro benzene ring substituents is 1. The third-order valence-electron chi connectivity index (χ3n) is 5.96. The van der Waals surface area contributed by atoms with Crippen molar-refractivity contribution < 1.29 is 24.0 Å². The zero-order valence-electron chi connectivity index (χ0n) is 22.6. The highest BCUT2D eigenvalue weighted by atomic mass is 32.2. The number of methoxy groups -OCH3 is 1. The molecule has 212 valence electrons. The largest absolute Gasteiger partial charge is 0.495 e. The van der Waals surface area contributed by atoms with Crippen molar-refractivity contribution in [3.63, 3.8) is 0 Å². The van der Waals surface area contributed by atoms with Gasteiger partial charge in [-0.05, 0) is 56.3 Å². The van der Waals surface area contributed by atoms with Crippen LogP contribution < -0.4 is 20.1 Å². The molecule has 0 aliphatic rings. The van der Waals surface area contributed by atoms with E-state index in [9.17, 15) is 19.7 Å². The number of hydrogen-bond donors (Lipinski definition) is 2. The van der Waals surface area contributed by atoms with Gasteiger partial charge in [0.15, 0.2) is 11.0 Å². The minimum atomic E-state index is -0.528. The van der Waals surface area contributed by atoms with Gasteiger partial charge in [-0.25, -0.2) is 0 Å². The molecule has 12 nitrogen and oxygen atoms in total. The van der Waals surface area contributed by atoms with E-state index in [4.69, 9.17) is 9.47 Å². The van der Waals surface area contributed by atoms with Gasteiger partial charge in [0.05, 0.1) is 36.6 Å². The first-order valence-electron chi connectivity index (χ1n) is 12.6. The fourth-order valence-electron chi connectivity index (χ4n) is 4.01. The van der Waals surface area contributed by atoms with Crippen molar-refractivity contribution in [2.75, 3.05) is 24.8 Å². The lowest BCUT2D eigenvalue weighted by Crippen LogP contribution is -2.25. The summed E-state index contributed by atoms with van der Waals surface area (Å²) in [6.45, 7) is 3.94. The van der Waals surface area contributed by atoms with Crippen molar-refractivity contribution >= 4 is 35.0 Å². The number of para-hydroxylation sites is 2. The first kappa shape index (κ1) is 29.1. The van der Waals surface area contributed by atoms with Crippen LogP contribution in [0.5, 0.6) is 11.5 Å². The van der Waals surface area contributed by atoms with Crippen LogP contribution in [0.3, 0.4) is 0 Å². The number of nitro groups is 1. The Balaban J connectivity index is 1.53. The number of thioether (sulfide) groups is 1. The molecule has 2 N–H and O–H groups in total. The molecular weight excluding hydrogens is 548 g/mol. The summed E-state index contributed by atoms with van der Waals surface area (Å²) < 4.78 is 12.7. The van der Waals surface area contributed by atoms with E-state index in [0.717, 1.165) is 0 Å². The van der Waals surface area contributed by atoms with Crippen molar-refractivity contribution in [1.29, 1.82) is 0 Å². The number of amides is 2. The highest BCUT2D eigenvalue weighted by molar-refractivity contribution is 7.99. The van der Waals surface area contributed by atoms with E-state index in [-0.39, 0.29) is 35.0 Å². The number of anilines is 1. The first-order valence-corrected chi connectivity index (χ1v) is 13.6. The van der Waals surface area contributed by atoms with Gasteiger partial charge in [0.1, 0.15) is 11.5 Å². The monoisotopic (exact) mass is 576 g/mol. The smallest absolute Gasteiger partial charge is 0.273 e. The van der Waals surface area contributed by atoms with Crippen molar-refractivity contribution in [2.45, 2.75) is 25.5 Å². The maximum absolute atomic E-state index is 13.0. The van der Waals surface area contributed by atoms with Crippen LogP contribution in [0.15, 0.2) is 71.9 Å². The summed E-state index contributed by atoms with van der Waals surface area (Å²) in [5.41, 5.74) is 1.55. The number of nitrogens with one attached hydrogen (secondary N) is 2. The van der Waals surface area contributed by atoms with Crippen LogP contribution in [0.25, 0.3) is 5.69 Å². The van der Waals surface area contributed by atoms with E-state index in [0.29, 0.717) is 40.5 Å². The zero-order valence-corrected chi connectivity index (χ0v) is 23.4. The lowest BCUT2D eigenvalue weighted by atomic mass is 10.1. The third kappa shape index (κ3) is 7.00. The Hall–Kier alpha value is -4.91. The minimum absolute atomic E-state index is 0.0368. The highest BCUT2D eigenvalue weighted by Crippen LogP contribution is 2.29. The second-order valence-electron chi connectivity index (χ2n) is 8.59. The van der Waals surface area contributed by atoms with Crippen molar-refractivity contribution in [1.82, 2.24) is 20.1 Å². The maximum Gasteiger partial charge on any atom is 0.273 e. The molecule has 13 heteroatoms. The molecule has 0 bridgehead atoms. The Labute approximate surface area is 240 Å². The SMILES string of the molecule is CCOc1ccc(NC(=O)CSc2nnc(CNC(=O)c3cccc([N+](=O)[O-])c3C)n2-c2ccccc2OC)cc1. The van der Waals surface area contributed by atoms with Crippen LogP contribution in [-0.4, -0.2) is 51.0 Å². The summed E-state index contributed by atoms with van der Waals surface area (Å²) in [5.74, 6) is 0.926. The van der Waals surface area contributed by atoms with E-state index < -0.39 is 10.8 Å². The van der Waals surface area contributed by atoms with E-state index in [2.05, 4.69) is 20.8 Å². The topological polar surface area (TPSA) is 151 Å². The van der Waals surface area contributed by atoms with Crippen molar-refractivity contribution in [3.05, 3.63) is 93.8 Å². The van der Waals surface area contributed by atoms with Gasteiger partial charge in [0.2, 0.25) is 5.91 Å². The van der Waals surface area contributed by atoms with Gasteiger partial charge < -0.3 is 20.1 Å². The predicted molar refractivity (Wildman–Crippen MR) is 154 cm³/mol. The molecular formula is C28H28N6O6S. The Morgan fingerprint density at radius 2 is 1.80 bits per heavy atom. The lowest BCUT2D eigenvalue weighted by Gasteiger charge is -2.14. The van der Waals surface area contributed by atoms with Crippen LogP contribution in [-0.2, 0) is 11.3 Å². The molecule has 0 radical (unpaired) electrons. The summed E-state index contributed by atoms with van der Waals surface area (Å²) >= 11 is 1.17. The Kier molecular flexibility index (Phi) is 9.53. The molecule has 2 amide bonds. The van der Waals surface area contributed by atoms with Crippen molar-refractivity contribution in [3.8, 4) is 17.2 Å². The minimum Gasteiger partial charge on any atom is -0.495 e. The molecule has 0 fully saturated rings. The number of hydrogen-bond acceptors (Lipinski definition) is 9. The molecule has 0 aliphatic carbocycles. The molecule has 0 saturated heterocycles. The standard InChI is InChI=1S/C28H28N6O6S/c1-4-40-20-14-12-19(13-15-20)30-26(35)17-41-28-32-31-25(33(28)23-9-5-6-11-24(23)39-3)16-29-27(36)21-8-7-10-22(18(21)2)34(37)38/h5-15H,4,16-17H2,1-3H3,(H,29,36)(H,30,35). The Morgan fingerprint density at radius 3 is 2.51 bits per heavy atom. The van der Waals surface area contributed by atoms with Gasteiger partial charge in [0.25, 0.3) is 11.6 Å². The molecule has 1 heterocycles. The average molecular weight is 577 g/mol. The molecule has 0 spiro atoms. The fraction of sp³-hybridized carbons (Fsp3) is 0.214. The van der Waals surface area contributed by atoms with Gasteiger partial charge in [-0.2, -0.15) is 0 Å². The molecule has 0 saturated carbocycles. The van der Waals surface area contributed by atoms with Crippen LogP contribution >= 0.6 is 11.8 Å². The first-order chi connectivity index (χ1) is 19.8. The molecule has 0 aliphatic heterocycles. The summed E-state index contributed by atoms with van der Waals surface area (Å²) in [7, 11) is 1.53. The van der Waals surface area contributed by atoms with Crippen LogP contribution in [0, 0.1) is 17.0 Å². The van der Waals surface area contributed by atoms with Crippen LogP contribution in [0.2, 0.25) is 0 Å². The Bertz CT molecular complexity index is 1560. The van der Waals surface area contributed by atoms with Gasteiger partial charge in [-0.1, -0.05) is 30.0 Å². The van der Waals surface area contributed by atoms with Crippen LogP contribution in [0.1, 0.15) is 28.7 Å². The van der Waals surface area contributed by atoms with E-state index in [1.807, 2.05) is 25.1 Å². The highest BCUT2D eigenvalue weighted by Gasteiger charge is 2.21. The number of rotatable bonds is 12. The number of carbonyl (C=O) groups excluding carboxylic acids is 2. The van der Waals surface area contributed by atoms with E-state index >= 15 is 0 Å². The molecule has 4 aromatic rings. The molecule has 3 aromatic carbocycles. The summed E-state index contributed by atoms with van der Waals surface area (Å²) in [4.78, 5) is 36.4. The molecule has 0 atom stereocenters. The van der Waals surface area contributed by atoms with Crippen LogP contribution in [0.4, 0.5) is 11.4 Å². The number of ether oxygens (including phenoxy) is 2. The number of nitrogens with zero attached hydrogens (tertiary/aromatic N) is 4. The summed E-state index contributed by atoms with van der Waals surface area (Å²) in [6, 6.07) is 18.6. The Morgan fingerprint density at radius 1 is 1.05 bits per heavy atom. The molecule has 41 heavy (non-hydrogen) atoms. The second-order valence-corrected chi connectivity index (χ2v) is 9.53. The predicted octanol–water partition coefficient (Wildman–Crippen LogP) is 4.55. The fourth-order valence-corrected chi connectivity index (χ4v) is 4.78. The molecule has 0 unspecified atom stereocenters. The maximum atomic E-state index is 13.0. The molecule has 1 aromatic heterocycles. The number of benzene rings is 3. The van der Waals surface area contributed by atoms with Gasteiger partial charge in [-0.3, -0.25) is 24.3 Å². The van der Waals surface area contributed by atoms with E-state index in [1.165, 1.54) is 44.0 Å². The summed E-state index contributed by atoms with van der Waals surface area (Å²) in [6.07, 6.45) is 0. The van der Waals surface area contributed by atoms with Gasteiger partial charge in [0, 0.05) is 22.9 Å². The average Bonchev–Trinajstić information content (AvgIpc) is 3.38. The normalized spacial score (nSPS) is 10.6. The van der Waals surface area contributed by atoms with E-state index in [1.54, 1.807) is 34.9 Å². The molecule has 4 rings (SSSR count).